The van der Waals surface area contributed by atoms with E-state index in [4.69, 9.17) is 10.5 Å². The molecule has 0 bridgehead atoms. The highest BCUT2D eigenvalue weighted by molar-refractivity contribution is 5.10. The summed E-state index contributed by atoms with van der Waals surface area (Å²) in [6, 6.07) is 2.34. The molecule has 0 amide bonds. The summed E-state index contributed by atoms with van der Waals surface area (Å²) in [4.78, 5) is 0. The molecule has 0 aliphatic carbocycles. The molecule has 4 nitrogen and oxygen atoms in total. The Morgan fingerprint density at radius 1 is 1.65 bits per heavy atom. The number of nitrogens with two attached hydrogens (primary N) is 1. The predicted molar refractivity (Wildman–Crippen MR) is 67.9 cm³/mol. The lowest BCUT2D eigenvalue weighted by atomic mass is 9.91. The van der Waals surface area contributed by atoms with E-state index in [9.17, 15) is 0 Å². The van der Waals surface area contributed by atoms with E-state index in [1.165, 1.54) is 12.1 Å². The molecule has 1 aromatic rings. The molecule has 1 aromatic heterocycles. The van der Waals surface area contributed by atoms with Gasteiger partial charge in [-0.3, -0.25) is 4.68 Å². The van der Waals surface area contributed by atoms with Crippen molar-refractivity contribution < 1.29 is 4.74 Å². The second-order valence-corrected chi connectivity index (χ2v) is 4.94. The van der Waals surface area contributed by atoms with Crippen LogP contribution in [0.3, 0.4) is 0 Å². The third-order valence-corrected chi connectivity index (χ3v) is 3.53. The number of hydrogen-bond acceptors (Lipinski definition) is 3. The molecule has 1 aliphatic heterocycles. The van der Waals surface area contributed by atoms with E-state index in [-0.39, 0.29) is 6.04 Å². The van der Waals surface area contributed by atoms with Gasteiger partial charge in [0.15, 0.2) is 0 Å². The molecule has 2 heterocycles. The van der Waals surface area contributed by atoms with Crippen LogP contribution in [0.25, 0.3) is 0 Å². The summed E-state index contributed by atoms with van der Waals surface area (Å²) < 4.78 is 7.55. The highest BCUT2D eigenvalue weighted by atomic mass is 16.5. The molecule has 0 aromatic carbocycles. The van der Waals surface area contributed by atoms with Gasteiger partial charge in [-0.15, -0.1) is 0 Å². The maximum absolute atomic E-state index is 6.29. The number of aromatic nitrogens is 2. The van der Waals surface area contributed by atoms with Crippen LogP contribution in [0, 0.1) is 12.8 Å². The van der Waals surface area contributed by atoms with Gasteiger partial charge in [0, 0.05) is 31.3 Å². The smallest absolute Gasteiger partial charge is 0.0596 e. The summed E-state index contributed by atoms with van der Waals surface area (Å²) >= 11 is 0. The lowest BCUT2D eigenvalue weighted by Gasteiger charge is -2.27. The second kappa shape index (κ2) is 5.65. The maximum atomic E-state index is 6.29. The Morgan fingerprint density at radius 2 is 2.47 bits per heavy atom. The standard InChI is InChI=1S/C13H23N3O/c1-3-16-12(7-10(2)15-16)8-13(14)11-5-4-6-17-9-11/h7,11,13H,3-6,8-9,14H2,1-2H3. The zero-order chi connectivity index (χ0) is 12.3. The zero-order valence-corrected chi connectivity index (χ0v) is 10.9. The molecule has 4 heteroatoms. The molecular weight excluding hydrogens is 214 g/mol. The van der Waals surface area contributed by atoms with E-state index in [1.54, 1.807) is 0 Å². The topological polar surface area (TPSA) is 53.1 Å². The summed E-state index contributed by atoms with van der Waals surface area (Å²) in [6.45, 7) is 6.78. The molecular formula is C13H23N3O. The molecule has 0 saturated carbocycles. The first-order valence-electron chi connectivity index (χ1n) is 6.57. The van der Waals surface area contributed by atoms with E-state index in [1.807, 2.05) is 6.92 Å². The molecule has 2 rings (SSSR count). The van der Waals surface area contributed by atoms with Gasteiger partial charge in [-0.1, -0.05) is 0 Å². The van der Waals surface area contributed by atoms with Crippen molar-refractivity contribution in [2.75, 3.05) is 13.2 Å². The van der Waals surface area contributed by atoms with Crippen LogP contribution in [0.15, 0.2) is 6.07 Å². The number of aryl methyl sites for hydroxylation is 2. The van der Waals surface area contributed by atoms with Crippen molar-refractivity contribution in [1.29, 1.82) is 0 Å². The third kappa shape index (κ3) is 3.07. The van der Waals surface area contributed by atoms with Crippen molar-refractivity contribution in [2.24, 2.45) is 11.7 Å². The van der Waals surface area contributed by atoms with Gasteiger partial charge in [0.2, 0.25) is 0 Å². The molecule has 0 radical (unpaired) electrons. The number of rotatable bonds is 4. The van der Waals surface area contributed by atoms with Crippen molar-refractivity contribution in [3.05, 3.63) is 17.5 Å². The van der Waals surface area contributed by atoms with E-state index >= 15 is 0 Å². The summed E-state index contributed by atoms with van der Waals surface area (Å²) in [5.41, 5.74) is 8.62. The lowest BCUT2D eigenvalue weighted by molar-refractivity contribution is 0.0447. The SMILES string of the molecule is CCn1nc(C)cc1CC(N)C1CCCOC1. The van der Waals surface area contributed by atoms with Gasteiger partial charge in [0.1, 0.15) is 0 Å². The molecule has 2 atom stereocenters. The Labute approximate surface area is 103 Å². The Balaban J connectivity index is 1.98. The Morgan fingerprint density at radius 3 is 3.12 bits per heavy atom. The van der Waals surface area contributed by atoms with Crippen LogP contribution in [0.4, 0.5) is 0 Å². The van der Waals surface area contributed by atoms with Crippen molar-refractivity contribution >= 4 is 0 Å². The Hall–Kier alpha value is -0.870. The quantitative estimate of drug-likeness (QED) is 0.863. The minimum atomic E-state index is 0.191. The van der Waals surface area contributed by atoms with E-state index in [0.717, 1.165) is 38.3 Å². The lowest BCUT2D eigenvalue weighted by Crippen LogP contribution is -2.37. The van der Waals surface area contributed by atoms with E-state index in [0.29, 0.717) is 5.92 Å². The molecule has 0 spiro atoms. The first-order chi connectivity index (χ1) is 8.20. The van der Waals surface area contributed by atoms with Crippen molar-refractivity contribution in [3.8, 4) is 0 Å². The normalized spacial score (nSPS) is 22.6. The number of nitrogens with zero attached hydrogens (tertiary/aromatic N) is 2. The fourth-order valence-electron chi connectivity index (χ4n) is 2.55. The van der Waals surface area contributed by atoms with Gasteiger partial charge in [0.25, 0.3) is 0 Å². The van der Waals surface area contributed by atoms with Crippen LogP contribution < -0.4 is 5.73 Å². The van der Waals surface area contributed by atoms with Gasteiger partial charge in [-0.05, 0) is 38.7 Å². The van der Waals surface area contributed by atoms with Crippen molar-refractivity contribution in [3.63, 3.8) is 0 Å². The summed E-state index contributed by atoms with van der Waals surface area (Å²) in [5.74, 6) is 0.504. The summed E-state index contributed by atoms with van der Waals surface area (Å²) in [7, 11) is 0. The fourth-order valence-corrected chi connectivity index (χ4v) is 2.55. The largest absolute Gasteiger partial charge is 0.381 e. The Kier molecular flexibility index (Phi) is 4.18. The van der Waals surface area contributed by atoms with Crippen LogP contribution in [0.1, 0.15) is 31.2 Å². The number of hydrogen-bond donors (Lipinski definition) is 1. The predicted octanol–water partition coefficient (Wildman–Crippen LogP) is 1.51. The van der Waals surface area contributed by atoms with Crippen molar-refractivity contribution in [1.82, 2.24) is 9.78 Å². The minimum absolute atomic E-state index is 0.191. The highest BCUT2D eigenvalue weighted by Gasteiger charge is 2.22. The average Bonchev–Trinajstić information content (AvgIpc) is 2.70. The third-order valence-electron chi connectivity index (χ3n) is 3.53. The summed E-state index contributed by atoms with van der Waals surface area (Å²) in [5, 5.41) is 4.46. The van der Waals surface area contributed by atoms with E-state index < -0.39 is 0 Å². The molecule has 17 heavy (non-hydrogen) atoms. The van der Waals surface area contributed by atoms with Gasteiger partial charge in [-0.25, -0.2) is 0 Å². The van der Waals surface area contributed by atoms with Crippen molar-refractivity contribution in [2.45, 2.75) is 45.7 Å². The van der Waals surface area contributed by atoms with Gasteiger partial charge < -0.3 is 10.5 Å². The number of ether oxygens (including phenoxy) is 1. The van der Waals surface area contributed by atoms with Crippen LogP contribution in [-0.4, -0.2) is 29.0 Å². The fraction of sp³-hybridized carbons (Fsp3) is 0.769. The molecule has 96 valence electrons. The highest BCUT2D eigenvalue weighted by Crippen LogP contribution is 2.19. The second-order valence-electron chi connectivity index (χ2n) is 4.94. The summed E-state index contributed by atoms with van der Waals surface area (Å²) in [6.07, 6.45) is 3.24. The van der Waals surface area contributed by atoms with Crippen LogP contribution in [0.5, 0.6) is 0 Å². The van der Waals surface area contributed by atoms with Gasteiger partial charge in [0.05, 0.1) is 12.3 Å². The molecule has 2 N–H and O–H groups in total. The first-order valence-corrected chi connectivity index (χ1v) is 6.57. The maximum Gasteiger partial charge on any atom is 0.0596 e. The molecule has 1 aliphatic rings. The Bertz CT molecular complexity index is 356. The molecule has 1 fully saturated rings. The monoisotopic (exact) mass is 237 g/mol. The van der Waals surface area contributed by atoms with Gasteiger partial charge >= 0.3 is 0 Å². The molecule has 2 unspecified atom stereocenters. The van der Waals surface area contributed by atoms with Crippen LogP contribution in [0.2, 0.25) is 0 Å². The van der Waals surface area contributed by atoms with Crippen LogP contribution >= 0.6 is 0 Å². The van der Waals surface area contributed by atoms with E-state index in [2.05, 4.69) is 22.8 Å². The van der Waals surface area contributed by atoms with Crippen LogP contribution in [-0.2, 0) is 17.7 Å². The first kappa shape index (κ1) is 12.6. The minimum Gasteiger partial charge on any atom is -0.381 e. The van der Waals surface area contributed by atoms with Gasteiger partial charge in [-0.2, -0.15) is 5.10 Å². The zero-order valence-electron chi connectivity index (χ0n) is 10.9. The average molecular weight is 237 g/mol. The molecule has 1 saturated heterocycles.